The number of benzene rings is 2. The maximum Gasteiger partial charge on any atom is 0.256 e. The van der Waals surface area contributed by atoms with Gasteiger partial charge < -0.3 is 19.3 Å². The highest BCUT2D eigenvalue weighted by Crippen LogP contribution is 2.31. The number of amides is 1. The second-order valence-electron chi connectivity index (χ2n) is 5.80. The lowest BCUT2D eigenvalue weighted by atomic mass is 10.1. The van der Waals surface area contributed by atoms with Gasteiger partial charge in [-0.15, -0.1) is 0 Å². The summed E-state index contributed by atoms with van der Waals surface area (Å²) in [6.45, 7) is 2.44. The van der Waals surface area contributed by atoms with Crippen LogP contribution in [0.5, 0.6) is 11.5 Å². The topological polar surface area (TPSA) is 42.0 Å². The van der Waals surface area contributed by atoms with Crippen LogP contribution in [0.3, 0.4) is 0 Å². The lowest BCUT2D eigenvalue weighted by Crippen LogP contribution is -2.49. The number of piperazine rings is 1. The van der Waals surface area contributed by atoms with Crippen LogP contribution in [-0.2, 0) is 0 Å². The molecule has 6 heteroatoms. The standard InChI is InChI=1S/C19H21FN2O3/c1-24-17-8-7-14(13-18(17)25-2)21-9-11-22(12-10-21)19(23)15-5-3-4-6-16(15)20/h3-8,13H,9-12H2,1-2H3. The molecule has 3 rings (SSSR count). The Balaban J connectivity index is 1.68. The number of halogens is 1. The first-order valence-electron chi connectivity index (χ1n) is 8.15. The average molecular weight is 344 g/mol. The van der Waals surface area contributed by atoms with Crippen molar-refractivity contribution < 1.29 is 18.7 Å². The highest BCUT2D eigenvalue weighted by atomic mass is 19.1. The van der Waals surface area contributed by atoms with Gasteiger partial charge in [-0.05, 0) is 24.3 Å². The Morgan fingerprint density at radius 1 is 0.960 bits per heavy atom. The van der Waals surface area contributed by atoms with Gasteiger partial charge in [0.1, 0.15) is 5.82 Å². The molecule has 0 aromatic heterocycles. The van der Waals surface area contributed by atoms with Crippen LogP contribution in [0.25, 0.3) is 0 Å². The van der Waals surface area contributed by atoms with E-state index in [1.165, 1.54) is 12.1 Å². The number of nitrogens with zero attached hydrogens (tertiary/aromatic N) is 2. The Hall–Kier alpha value is -2.76. The number of hydrogen-bond donors (Lipinski definition) is 0. The smallest absolute Gasteiger partial charge is 0.256 e. The van der Waals surface area contributed by atoms with Crippen molar-refractivity contribution in [1.29, 1.82) is 0 Å². The number of carbonyl (C=O) groups excluding carboxylic acids is 1. The van der Waals surface area contributed by atoms with E-state index in [9.17, 15) is 9.18 Å². The Labute approximate surface area is 146 Å². The van der Waals surface area contributed by atoms with Crippen molar-refractivity contribution in [1.82, 2.24) is 4.90 Å². The van der Waals surface area contributed by atoms with E-state index < -0.39 is 5.82 Å². The molecule has 0 radical (unpaired) electrons. The van der Waals surface area contributed by atoms with Gasteiger partial charge in [0.2, 0.25) is 0 Å². The monoisotopic (exact) mass is 344 g/mol. The van der Waals surface area contributed by atoms with Crippen LogP contribution < -0.4 is 14.4 Å². The van der Waals surface area contributed by atoms with Gasteiger partial charge in [0.15, 0.2) is 11.5 Å². The van der Waals surface area contributed by atoms with E-state index in [0.717, 1.165) is 5.69 Å². The van der Waals surface area contributed by atoms with Gasteiger partial charge in [-0.2, -0.15) is 0 Å². The summed E-state index contributed by atoms with van der Waals surface area (Å²) in [6, 6.07) is 11.9. The summed E-state index contributed by atoms with van der Waals surface area (Å²) >= 11 is 0. The number of ether oxygens (including phenoxy) is 2. The number of rotatable bonds is 4. The third-order valence-corrected chi connectivity index (χ3v) is 4.40. The molecule has 2 aromatic carbocycles. The number of methoxy groups -OCH3 is 2. The molecule has 25 heavy (non-hydrogen) atoms. The van der Waals surface area contributed by atoms with Crippen molar-refractivity contribution in [2.24, 2.45) is 0 Å². The first-order valence-corrected chi connectivity index (χ1v) is 8.15. The zero-order valence-electron chi connectivity index (χ0n) is 14.4. The van der Waals surface area contributed by atoms with E-state index in [0.29, 0.717) is 37.7 Å². The maximum atomic E-state index is 13.8. The first kappa shape index (κ1) is 17.1. The molecule has 0 atom stereocenters. The van der Waals surface area contributed by atoms with Crippen molar-refractivity contribution in [3.63, 3.8) is 0 Å². The summed E-state index contributed by atoms with van der Waals surface area (Å²) in [5.74, 6) is 0.615. The van der Waals surface area contributed by atoms with Crippen LogP contribution in [0.1, 0.15) is 10.4 Å². The van der Waals surface area contributed by atoms with Crippen LogP contribution in [0.2, 0.25) is 0 Å². The summed E-state index contributed by atoms with van der Waals surface area (Å²) in [6.07, 6.45) is 0. The molecule has 0 aliphatic carbocycles. The third kappa shape index (κ3) is 3.52. The maximum absolute atomic E-state index is 13.8. The molecule has 0 N–H and O–H groups in total. The largest absolute Gasteiger partial charge is 0.493 e. The molecule has 1 saturated heterocycles. The fourth-order valence-electron chi connectivity index (χ4n) is 2.99. The van der Waals surface area contributed by atoms with Gasteiger partial charge in [0, 0.05) is 37.9 Å². The van der Waals surface area contributed by atoms with Gasteiger partial charge in [0.05, 0.1) is 19.8 Å². The number of carbonyl (C=O) groups is 1. The minimum atomic E-state index is -0.477. The first-order chi connectivity index (χ1) is 12.1. The Kier molecular flexibility index (Phi) is 5.07. The second-order valence-corrected chi connectivity index (χ2v) is 5.80. The third-order valence-electron chi connectivity index (χ3n) is 4.40. The zero-order chi connectivity index (χ0) is 17.8. The van der Waals surface area contributed by atoms with E-state index in [-0.39, 0.29) is 11.5 Å². The molecule has 1 amide bonds. The Morgan fingerprint density at radius 3 is 2.28 bits per heavy atom. The lowest BCUT2D eigenvalue weighted by molar-refractivity contribution is 0.0742. The predicted octanol–water partition coefficient (Wildman–Crippen LogP) is 2.81. The summed E-state index contributed by atoms with van der Waals surface area (Å²) < 4.78 is 24.4. The van der Waals surface area contributed by atoms with Crippen LogP contribution in [0, 0.1) is 5.82 Å². The number of anilines is 1. The summed E-state index contributed by atoms with van der Waals surface area (Å²) in [4.78, 5) is 16.3. The molecule has 0 unspecified atom stereocenters. The minimum Gasteiger partial charge on any atom is -0.493 e. The Bertz CT molecular complexity index is 758. The average Bonchev–Trinajstić information content (AvgIpc) is 2.67. The van der Waals surface area contributed by atoms with Crippen LogP contribution >= 0.6 is 0 Å². The van der Waals surface area contributed by atoms with E-state index in [2.05, 4.69) is 4.90 Å². The second kappa shape index (κ2) is 7.42. The van der Waals surface area contributed by atoms with E-state index in [1.54, 1.807) is 31.3 Å². The van der Waals surface area contributed by atoms with Gasteiger partial charge in [0.25, 0.3) is 5.91 Å². The molecule has 1 fully saturated rings. The fourth-order valence-corrected chi connectivity index (χ4v) is 2.99. The van der Waals surface area contributed by atoms with Crippen molar-refractivity contribution in [3.05, 3.63) is 53.8 Å². The molecule has 1 heterocycles. The molecular weight excluding hydrogens is 323 g/mol. The molecule has 1 aliphatic rings. The fraction of sp³-hybridized carbons (Fsp3) is 0.316. The van der Waals surface area contributed by atoms with Crippen molar-refractivity contribution in [2.75, 3.05) is 45.3 Å². The van der Waals surface area contributed by atoms with Crippen LogP contribution in [0.15, 0.2) is 42.5 Å². The van der Waals surface area contributed by atoms with Crippen molar-refractivity contribution in [2.45, 2.75) is 0 Å². The molecule has 5 nitrogen and oxygen atoms in total. The number of hydrogen-bond acceptors (Lipinski definition) is 4. The predicted molar refractivity (Wildman–Crippen MR) is 94.1 cm³/mol. The summed E-state index contributed by atoms with van der Waals surface area (Å²) in [7, 11) is 3.21. The molecule has 0 saturated carbocycles. The van der Waals surface area contributed by atoms with Crippen molar-refractivity contribution in [3.8, 4) is 11.5 Å². The molecule has 0 bridgehead atoms. The minimum absolute atomic E-state index is 0.127. The van der Waals surface area contributed by atoms with E-state index in [1.807, 2.05) is 18.2 Å². The summed E-state index contributed by atoms with van der Waals surface area (Å²) in [5.41, 5.74) is 1.14. The van der Waals surface area contributed by atoms with Gasteiger partial charge in [-0.1, -0.05) is 12.1 Å². The van der Waals surface area contributed by atoms with Gasteiger partial charge in [-0.25, -0.2) is 4.39 Å². The van der Waals surface area contributed by atoms with Crippen LogP contribution in [0.4, 0.5) is 10.1 Å². The molecular formula is C19H21FN2O3. The highest BCUT2D eigenvalue weighted by molar-refractivity contribution is 5.94. The quantitative estimate of drug-likeness (QED) is 0.855. The van der Waals surface area contributed by atoms with Crippen molar-refractivity contribution >= 4 is 11.6 Å². The van der Waals surface area contributed by atoms with Gasteiger partial charge >= 0.3 is 0 Å². The normalized spacial score (nSPS) is 14.4. The molecule has 2 aromatic rings. The Morgan fingerprint density at radius 2 is 1.64 bits per heavy atom. The van der Waals surface area contributed by atoms with Gasteiger partial charge in [-0.3, -0.25) is 4.79 Å². The highest BCUT2D eigenvalue weighted by Gasteiger charge is 2.24. The van der Waals surface area contributed by atoms with Crippen LogP contribution in [-0.4, -0.2) is 51.2 Å². The van der Waals surface area contributed by atoms with E-state index in [4.69, 9.17) is 9.47 Å². The molecule has 1 aliphatic heterocycles. The molecule has 0 spiro atoms. The molecule has 132 valence electrons. The van der Waals surface area contributed by atoms with E-state index >= 15 is 0 Å². The lowest BCUT2D eigenvalue weighted by Gasteiger charge is -2.36. The summed E-state index contributed by atoms with van der Waals surface area (Å²) in [5, 5.41) is 0. The zero-order valence-corrected chi connectivity index (χ0v) is 14.4. The SMILES string of the molecule is COc1ccc(N2CCN(C(=O)c3ccccc3F)CC2)cc1OC.